The van der Waals surface area contributed by atoms with E-state index in [1.165, 1.54) is 11.3 Å². The number of benzene rings is 1. The lowest BCUT2D eigenvalue weighted by Gasteiger charge is -2.13. The fourth-order valence-corrected chi connectivity index (χ4v) is 2.51. The lowest BCUT2D eigenvalue weighted by molar-refractivity contribution is -0.139. The molecule has 1 heterocycles. The van der Waals surface area contributed by atoms with E-state index >= 15 is 0 Å². The first-order valence-electron chi connectivity index (χ1n) is 6.56. The van der Waals surface area contributed by atoms with E-state index in [1.54, 1.807) is 12.3 Å². The Bertz CT molecular complexity index is 625. The second-order valence-corrected chi connectivity index (χ2v) is 5.70. The number of hydrogen-bond acceptors (Lipinski definition) is 4. The molecule has 0 aliphatic carbocycles. The van der Waals surface area contributed by atoms with Crippen LogP contribution < -0.4 is 5.32 Å². The first-order chi connectivity index (χ1) is 10.1. The van der Waals surface area contributed by atoms with E-state index in [9.17, 15) is 14.7 Å². The molecule has 2 aromatic rings. The van der Waals surface area contributed by atoms with Crippen molar-refractivity contribution >= 4 is 23.2 Å². The van der Waals surface area contributed by atoms with Gasteiger partial charge < -0.3 is 10.4 Å². The van der Waals surface area contributed by atoms with Crippen molar-refractivity contribution in [2.24, 2.45) is 0 Å². The van der Waals surface area contributed by atoms with Gasteiger partial charge in [-0.15, -0.1) is 11.3 Å². The molecule has 5 nitrogen and oxygen atoms in total. The number of carbonyl (C=O) groups excluding carboxylic acids is 1. The molecule has 1 amide bonds. The number of rotatable bonds is 6. The summed E-state index contributed by atoms with van der Waals surface area (Å²) in [6.07, 6.45) is 0.933. The van der Waals surface area contributed by atoms with Crippen molar-refractivity contribution in [2.45, 2.75) is 25.8 Å². The Hall–Kier alpha value is -2.21. The average molecular weight is 304 g/mol. The highest BCUT2D eigenvalue weighted by atomic mass is 32.1. The van der Waals surface area contributed by atoms with Gasteiger partial charge in [-0.05, 0) is 25.3 Å². The van der Waals surface area contributed by atoms with Crippen LogP contribution >= 0.6 is 11.3 Å². The Morgan fingerprint density at radius 1 is 1.33 bits per heavy atom. The number of aliphatic carboxylic acids is 1. The Morgan fingerprint density at radius 3 is 2.62 bits per heavy atom. The molecule has 2 rings (SSSR count). The van der Waals surface area contributed by atoms with Crippen molar-refractivity contribution in [2.75, 3.05) is 0 Å². The Labute approximate surface area is 126 Å². The molecule has 0 bridgehead atoms. The van der Waals surface area contributed by atoms with E-state index in [4.69, 9.17) is 0 Å². The van der Waals surface area contributed by atoms with Crippen LogP contribution in [0.4, 0.5) is 0 Å². The first-order valence-corrected chi connectivity index (χ1v) is 7.44. The summed E-state index contributed by atoms with van der Waals surface area (Å²) < 4.78 is 0. The molecule has 21 heavy (non-hydrogen) atoms. The van der Waals surface area contributed by atoms with E-state index in [0.29, 0.717) is 12.8 Å². The summed E-state index contributed by atoms with van der Waals surface area (Å²) in [6, 6.07) is 8.67. The number of nitrogens with one attached hydrogen (secondary N) is 1. The summed E-state index contributed by atoms with van der Waals surface area (Å²) in [5.41, 5.74) is 1.31. The summed E-state index contributed by atoms with van der Waals surface area (Å²) in [5, 5.41) is 14.1. The Kier molecular flexibility index (Phi) is 5.05. The lowest BCUT2D eigenvalue weighted by Crippen LogP contribution is -2.41. The molecule has 0 aliphatic rings. The predicted octanol–water partition coefficient (Wildman–Crippen LogP) is 2.27. The van der Waals surface area contributed by atoms with Crippen molar-refractivity contribution in [1.82, 2.24) is 10.3 Å². The maximum Gasteiger partial charge on any atom is 0.326 e. The molecule has 0 fully saturated rings. The molecule has 6 heteroatoms. The molecule has 1 aromatic heterocycles. The summed E-state index contributed by atoms with van der Waals surface area (Å²) >= 11 is 1.36. The number of carboxylic acids is 1. The molecule has 1 aromatic carbocycles. The number of carboxylic acid groups (broad SMARTS) is 1. The van der Waals surface area contributed by atoms with Crippen molar-refractivity contribution in [1.29, 1.82) is 0 Å². The molecule has 2 N–H and O–H groups in total. The lowest BCUT2D eigenvalue weighted by atomic mass is 10.1. The van der Waals surface area contributed by atoms with E-state index in [-0.39, 0.29) is 5.69 Å². The van der Waals surface area contributed by atoms with Crippen molar-refractivity contribution in [3.8, 4) is 0 Å². The van der Waals surface area contributed by atoms with Crippen LogP contribution in [0.25, 0.3) is 0 Å². The summed E-state index contributed by atoms with van der Waals surface area (Å²) in [5.74, 6) is -1.48. The first kappa shape index (κ1) is 15.2. The van der Waals surface area contributed by atoms with E-state index in [2.05, 4.69) is 10.3 Å². The number of hydrogen-bond donors (Lipinski definition) is 2. The monoisotopic (exact) mass is 304 g/mol. The third-order valence-corrected chi connectivity index (χ3v) is 3.79. The quantitative estimate of drug-likeness (QED) is 0.858. The molecule has 0 saturated carbocycles. The molecular formula is C15H16N2O3S. The van der Waals surface area contributed by atoms with Crippen LogP contribution in [0.2, 0.25) is 0 Å². The van der Waals surface area contributed by atoms with Gasteiger partial charge >= 0.3 is 5.97 Å². The summed E-state index contributed by atoms with van der Waals surface area (Å²) in [7, 11) is 0. The molecule has 0 aliphatic heterocycles. The fourth-order valence-electron chi connectivity index (χ4n) is 1.91. The number of carbonyl (C=O) groups is 2. The van der Waals surface area contributed by atoms with Crippen LogP contribution in [0.5, 0.6) is 0 Å². The van der Waals surface area contributed by atoms with Crippen LogP contribution in [0, 0.1) is 6.92 Å². The minimum Gasteiger partial charge on any atom is -0.480 e. The number of thiazole rings is 1. The number of aromatic nitrogens is 1. The van der Waals surface area contributed by atoms with Crippen molar-refractivity contribution < 1.29 is 14.7 Å². The van der Waals surface area contributed by atoms with Crippen LogP contribution in [-0.4, -0.2) is 28.0 Å². The largest absolute Gasteiger partial charge is 0.480 e. The summed E-state index contributed by atoms with van der Waals surface area (Å²) in [4.78, 5) is 27.3. The smallest absolute Gasteiger partial charge is 0.326 e. The Balaban J connectivity index is 1.96. The third-order valence-electron chi connectivity index (χ3n) is 3.02. The highest BCUT2D eigenvalue weighted by molar-refractivity contribution is 7.09. The molecule has 0 spiro atoms. The van der Waals surface area contributed by atoms with Gasteiger partial charge in [-0.3, -0.25) is 4.79 Å². The van der Waals surface area contributed by atoms with Gasteiger partial charge in [0, 0.05) is 5.38 Å². The van der Waals surface area contributed by atoms with Gasteiger partial charge in [0.1, 0.15) is 11.7 Å². The normalized spacial score (nSPS) is 11.9. The topological polar surface area (TPSA) is 79.3 Å². The van der Waals surface area contributed by atoms with Crippen LogP contribution in [0.15, 0.2) is 35.7 Å². The molecule has 0 saturated heterocycles. The minimum atomic E-state index is -1.04. The molecular weight excluding hydrogens is 288 g/mol. The third kappa shape index (κ3) is 4.39. The Morgan fingerprint density at radius 2 is 2.05 bits per heavy atom. The van der Waals surface area contributed by atoms with E-state index in [1.807, 2.05) is 30.3 Å². The highest BCUT2D eigenvalue weighted by Crippen LogP contribution is 2.09. The maximum absolute atomic E-state index is 12.0. The van der Waals surface area contributed by atoms with Gasteiger partial charge in [-0.1, -0.05) is 30.3 Å². The highest BCUT2D eigenvalue weighted by Gasteiger charge is 2.21. The summed E-state index contributed by atoms with van der Waals surface area (Å²) in [6.45, 7) is 1.80. The molecule has 0 radical (unpaired) electrons. The van der Waals surface area contributed by atoms with Crippen LogP contribution in [0.3, 0.4) is 0 Å². The number of aryl methyl sites for hydroxylation is 2. The van der Waals surface area contributed by atoms with Gasteiger partial charge in [0.05, 0.1) is 5.01 Å². The zero-order valence-corrected chi connectivity index (χ0v) is 12.4. The molecule has 110 valence electrons. The number of amides is 1. The van der Waals surface area contributed by atoms with Gasteiger partial charge in [-0.2, -0.15) is 0 Å². The fraction of sp³-hybridized carbons (Fsp3) is 0.267. The standard InChI is InChI=1S/C15H16N2O3S/c1-10-16-13(9-21-10)14(18)17-12(15(19)20)8-7-11-5-3-2-4-6-11/h2-6,9,12H,7-8H2,1H3,(H,17,18)(H,19,20). The second-order valence-electron chi connectivity index (χ2n) is 4.64. The minimum absolute atomic E-state index is 0.267. The second kappa shape index (κ2) is 6.99. The van der Waals surface area contributed by atoms with Crippen molar-refractivity contribution in [3.05, 3.63) is 52.0 Å². The van der Waals surface area contributed by atoms with Gasteiger partial charge in [0.25, 0.3) is 5.91 Å². The zero-order valence-electron chi connectivity index (χ0n) is 11.6. The zero-order chi connectivity index (χ0) is 15.2. The van der Waals surface area contributed by atoms with Gasteiger partial charge in [0.15, 0.2) is 0 Å². The van der Waals surface area contributed by atoms with E-state index in [0.717, 1.165) is 10.6 Å². The molecule has 1 atom stereocenters. The van der Waals surface area contributed by atoms with Gasteiger partial charge in [-0.25, -0.2) is 9.78 Å². The average Bonchev–Trinajstić information content (AvgIpc) is 2.90. The van der Waals surface area contributed by atoms with E-state index < -0.39 is 17.9 Å². The predicted molar refractivity (Wildman–Crippen MR) is 80.5 cm³/mol. The van der Waals surface area contributed by atoms with Crippen molar-refractivity contribution in [3.63, 3.8) is 0 Å². The van der Waals surface area contributed by atoms with Crippen LogP contribution in [-0.2, 0) is 11.2 Å². The SMILES string of the molecule is Cc1nc(C(=O)NC(CCc2ccccc2)C(=O)O)cs1. The number of nitrogens with zero attached hydrogens (tertiary/aromatic N) is 1. The maximum atomic E-state index is 12.0. The van der Waals surface area contributed by atoms with Crippen LogP contribution in [0.1, 0.15) is 27.5 Å². The molecule has 1 unspecified atom stereocenters. The van der Waals surface area contributed by atoms with Gasteiger partial charge in [0.2, 0.25) is 0 Å².